The Kier molecular flexibility index (Phi) is 6.22. The van der Waals surface area contributed by atoms with Gasteiger partial charge in [-0.25, -0.2) is 17.9 Å². The highest BCUT2D eigenvalue weighted by molar-refractivity contribution is 14.1. The fourth-order valence-electron chi connectivity index (χ4n) is 2.66. The maximum atomic E-state index is 12.8. The van der Waals surface area contributed by atoms with Crippen LogP contribution in [0, 0.1) is 3.57 Å². The minimum Gasteiger partial charge on any atom is -0.465 e. The van der Waals surface area contributed by atoms with Gasteiger partial charge in [0.1, 0.15) is 0 Å². The van der Waals surface area contributed by atoms with E-state index in [0.29, 0.717) is 9.26 Å². The number of esters is 1. The summed E-state index contributed by atoms with van der Waals surface area (Å²) in [6.45, 7) is 0. The molecule has 158 valence electrons. The summed E-state index contributed by atoms with van der Waals surface area (Å²) in [6.07, 6.45) is -2.97. The number of alkyl halides is 3. The van der Waals surface area contributed by atoms with E-state index >= 15 is 0 Å². The van der Waals surface area contributed by atoms with Crippen molar-refractivity contribution in [1.82, 2.24) is 9.78 Å². The lowest BCUT2D eigenvalue weighted by Gasteiger charge is -2.08. The van der Waals surface area contributed by atoms with Gasteiger partial charge in [-0.3, -0.25) is 0 Å². The number of halogens is 4. The van der Waals surface area contributed by atoms with Crippen molar-refractivity contribution in [1.29, 1.82) is 0 Å². The highest BCUT2D eigenvalue weighted by atomic mass is 127. The first-order valence-electron chi connectivity index (χ1n) is 8.34. The zero-order valence-corrected chi connectivity index (χ0v) is 18.3. The topological polar surface area (TPSA) is 78.3 Å². The first kappa shape index (κ1) is 22.3. The summed E-state index contributed by atoms with van der Waals surface area (Å²) in [4.78, 5) is 11.6. The van der Waals surface area contributed by atoms with Crippen LogP contribution in [0.4, 0.5) is 13.2 Å². The van der Waals surface area contributed by atoms with Crippen LogP contribution in [0.5, 0.6) is 0 Å². The molecule has 6 nitrogen and oxygen atoms in total. The molecule has 0 N–H and O–H groups in total. The Morgan fingerprint density at radius 3 is 2.37 bits per heavy atom. The summed E-state index contributed by atoms with van der Waals surface area (Å²) in [7, 11) is -2.54. The van der Waals surface area contributed by atoms with Crippen LogP contribution in [0.3, 0.4) is 0 Å². The average Bonchev–Trinajstić information content (AvgIpc) is 3.14. The van der Waals surface area contributed by atoms with Gasteiger partial charge in [-0.15, -0.1) is 0 Å². The highest BCUT2D eigenvalue weighted by Gasteiger charge is 2.30. The molecule has 1 aromatic heterocycles. The zero-order valence-electron chi connectivity index (χ0n) is 15.4. The molecule has 0 aliphatic rings. The molecule has 3 rings (SSSR count). The third kappa shape index (κ3) is 4.83. The number of hydrogen-bond donors (Lipinski definition) is 0. The Bertz CT molecular complexity index is 1190. The second-order valence-corrected chi connectivity index (χ2v) is 9.31. The maximum Gasteiger partial charge on any atom is 0.416 e. The van der Waals surface area contributed by atoms with Gasteiger partial charge in [0.15, 0.2) is 9.84 Å². The van der Waals surface area contributed by atoms with Crippen LogP contribution in [0.1, 0.15) is 21.6 Å². The first-order chi connectivity index (χ1) is 14.0. The van der Waals surface area contributed by atoms with Gasteiger partial charge in [0.05, 0.1) is 40.3 Å². The normalized spacial score (nSPS) is 12.0. The number of nitrogens with zero attached hydrogens (tertiary/aromatic N) is 2. The predicted molar refractivity (Wildman–Crippen MR) is 110 cm³/mol. The number of sulfone groups is 1. The predicted octanol–water partition coefficient (Wildman–Crippen LogP) is 4.26. The van der Waals surface area contributed by atoms with Crippen molar-refractivity contribution >= 4 is 38.4 Å². The van der Waals surface area contributed by atoms with Gasteiger partial charge in [-0.05, 0) is 71.1 Å². The minimum atomic E-state index is -4.44. The Morgan fingerprint density at radius 1 is 1.13 bits per heavy atom. The lowest BCUT2D eigenvalue weighted by molar-refractivity contribution is -0.137. The number of carbonyl (C=O) groups excluding carboxylic acids is 1. The SMILES string of the molecule is COC(=O)c1ccc(S(=O)(=O)Cc2ccn(-c3ccc(C(F)(F)F)cc3)n2)c(I)c1. The Balaban J connectivity index is 1.82. The number of carbonyl (C=O) groups is 1. The van der Waals surface area contributed by atoms with Gasteiger partial charge in [0.25, 0.3) is 0 Å². The summed E-state index contributed by atoms with van der Waals surface area (Å²) in [6, 6.07) is 9.95. The van der Waals surface area contributed by atoms with E-state index in [1.165, 1.54) is 54.4 Å². The number of benzene rings is 2. The highest BCUT2D eigenvalue weighted by Crippen LogP contribution is 2.29. The van der Waals surface area contributed by atoms with Crippen LogP contribution in [0.2, 0.25) is 0 Å². The summed E-state index contributed by atoms with van der Waals surface area (Å²) >= 11 is 1.82. The van der Waals surface area contributed by atoms with E-state index in [9.17, 15) is 26.4 Å². The first-order valence-corrected chi connectivity index (χ1v) is 11.1. The van der Waals surface area contributed by atoms with Crippen molar-refractivity contribution in [3.05, 3.63) is 75.1 Å². The van der Waals surface area contributed by atoms with E-state index in [2.05, 4.69) is 9.84 Å². The molecule has 0 amide bonds. The Labute approximate surface area is 183 Å². The van der Waals surface area contributed by atoms with Crippen LogP contribution in [0.15, 0.2) is 59.6 Å². The zero-order chi connectivity index (χ0) is 22.1. The number of methoxy groups -OCH3 is 1. The Morgan fingerprint density at radius 2 is 1.80 bits per heavy atom. The molecular weight excluding hydrogens is 536 g/mol. The van der Waals surface area contributed by atoms with Gasteiger partial charge in [-0.1, -0.05) is 0 Å². The molecule has 3 aromatic rings. The van der Waals surface area contributed by atoms with Crippen molar-refractivity contribution < 1.29 is 31.1 Å². The standard InChI is InChI=1S/C19H14F3IN2O4S/c1-29-18(26)12-2-7-17(16(23)10-12)30(27,28)11-14-8-9-25(24-14)15-5-3-13(4-6-15)19(20,21)22/h2-10H,11H2,1H3. The van der Waals surface area contributed by atoms with E-state index in [-0.39, 0.29) is 16.2 Å². The lowest BCUT2D eigenvalue weighted by Crippen LogP contribution is -2.10. The summed E-state index contributed by atoms with van der Waals surface area (Å²) in [5, 5.41) is 4.15. The van der Waals surface area contributed by atoms with E-state index < -0.39 is 33.3 Å². The van der Waals surface area contributed by atoms with Crippen molar-refractivity contribution in [3.63, 3.8) is 0 Å². The van der Waals surface area contributed by atoms with Crippen LogP contribution >= 0.6 is 22.6 Å². The molecule has 0 aliphatic carbocycles. The molecule has 30 heavy (non-hydrogen) atoms. The van der Waals surface area contributed by atoms with Crippen LogP contribution in [-0.4, -0.2) is 31.3 Å². The summed E-state index contributed by atoms with van der Waals surface area (Å²) < 4.78 is 69.9. The van der Waals surface area contributed by atoms with Crippen molar-refractivity contribution in [2.45, 2.75) is 16.8 Å². The minimum absolute atomic E-state index is 0.0415. The molecule has 0 bridgehead atoms. The van der Waals surface area contributed by atoms with E-state index in [4.69, 9.17) is 0 Å². The number of ether oxygens (including phenoxy) is 1. The van der Waals surface area contributed by atoms with Gasteiger partial charge < -0.3 is 4.74 Å². The molecule has 0 radical (unpaired) electrons. The molecule has 11 heteroatoms. The molecule has 0 atom stereocenters. The molecule has 0 aliphatic heterocycles. The number of rotatable bonds is 5. The largest absolute Gasteiger partial charge is 0.465 e. The Hall–Kier alpha value is -2.41. The van der Waals surface area contributed by atoms with Crippen molar-refractivity contribution in [2.75, 3.05) is 7.11 Å². The second kappa shape index (κ2) is 8.38. The van der Waals surface area contributed by atoms with E-state index in [1.54, 1.807) is 0 Å². The quantitative estimate of drug-likeness (QED) is 0.351. The number of hydrogen-bond acceptors (Lipinski definition) is 5. The van der Waals surface area contributed by atoms with Crippen molar-refractivity contribution in [3.8, 4) is 5.69 Å². The smallest absolute Gasteiger partial charge is 0.416 e. The fraction of sp³-hybridized carbons (Fsp3) is 0.158. The molecular formula is C19H14F3IN2O4S. The van der Waals surface area contributed by atoms with Gasteiger partial charge >= 0.3 is 12.1 Å². The summed E-state index contributed by atoms with van der Waals surface area (Å²) in [5.41, 5.74) is 0.0324. The van der Waals surface area contributed by atoms with Crippen LogP contribution in [0.25, 0.3) is 5.69 Å². The monoisotopic (exact) mass is 550 g/mol. The van der Waals surface area contributed by atoms with Crippen LogP contribution in [-0.2, 0) is 26.5 Å². The third-order valence-electron chi connectivity index (χ3n) is 4.13. The lowest BCUT2D eigenvalue weighted by atomic mass is 10.2. The summed E-state index contributed by atoms with van der Waals surface area (Å²) in [5.74, 6) is -0.985. The maximum absolute atomic E-state index is 12.8. The number of aromatic nitrogens is 2. The van der Waals surface area contributed by atoms with Gasteiger partial charge in [0.2, 0.25) is 0 Å². The average molecular weight is 550 g/mol. The van der Waals surface area contributed by atoms with Gasteiger partial charge in [-0.2, -0.15) is 18.3 Å². The molecule has 2 aromatic carbocycles. The molecule has 1 heterocycles. The molecule has 0 unspecified atom stereocenters. The molecule has 0 fully saturated rings. The van der Waals surface area contributed by atoms with E-state index in [0.717, 1.165) is 12.1 Å². The van der Waals surface area contributed by atoms with Crippen molar-refractivity contribution in [2.24, 2.45) is 0 Å². The fourth-order valence-corrected chi connectivity index (χ4v) is 5.51. The molecule has 0 saturated carbocycles. The second-order valence-electron chi connectivity index (χ2n) is 6.19. The third-order valence-corrected chi connectivity index (χ3v) is 7.09. The van der Waals surface area contributed by atoms with Gasteiger partial charge in [0, 0.05) is 9.77 Å². The molecule has 0 saturated heterocycles. The molecule has 0 spiro atoms. The van der Waals surface area contributed by atoms with E-state index in [1.807, 2.05) is 22.6 Å². The van der Waals surface area contributed by atoms with Crippen LogP contribution < -0.4 is 0 Å².